The summed E-state index contributed by atoms with van der Waals surface area (Å²) in [5, 5.41) is 6.62. The number of nitrogens with zero attached hydrogens (tertiary/aromatic N) is 2. The maximum Gasteiger partial charge on any atom is 0.310 e. The second kappa shape index (κ2) is 10.6. The molecule has 0 saturated carbocycles. The van der Waals surface area contributed by atoms with Gasteiger partial charge in [-0.15, -0.1) is 11.3 Å². The molecule has 156 valence electrons. The molecule has 3 rings (SSSR count). The third-order valence-corrected chi connectivity index (χ3v) is 6.28. The van der Waals surface area contributed by atoms with Crippen molar-refractivity contribution < 1.29 is 14.4 Å². The van der Waals surface area contributed by atoms with Crippen LogP contribution in [0.4, 0.5) is 0 Å². The van der Waals surface area contributed by atoms with Gasteiger partial charge in [0.25, 0.3) is 0 Å². The second-order valence-corrected chi connectivity index (χ2v) is 8.33. The minimum Gasteiger partial charge on any atom is -0.466 e. The lowest BCUT2D eigenvalue weighted by atomic mass is 9.98. The minimum absolute atomic E-state index is 0.0245. The maximum atomic E-state index is 12.0. The number of rotatable bonds is 8. The number of likely N-dealkylation sites (tertiary alicyclic amines) is 1. The molecule has 0 spiro atoms. The summed E-state index contributed by atoms with van der Waals surface area (Å²) in [5.74, 6) is -0.102. The number of piperidine rings is 1. The van der Waals surface area contributed by atoms with Crippen molar-refractivity contribution in [2.75, 3.05) is 32.8 Å². The molecule has 1 aromatic heterocycles. The van der Waals surface area contributed by atoms with Gasteiger partial charge in [0.15, 0.2) is 0 Å². The molecule has 0 unspecified atom stereocenters. The van der Waals surface area contributed by atoms with Gasteiger partial charge in [-0.25, -0.2) is 0 Å². The van der Waals surface area contributed by atoms with Crippen molar-refractivity contribution in [3.63, 3.8) is 0 Å². The highest BCUT2D eigenvalue weighted by molar-refractivity contribution is 7.12. The predicted molar refractivity (Wildman–Crippen MR) is 118 cm³/mol. The lowest BCUT2D eigenvalue weighted by Crippen LogP contribution is -2.40. The number of ether oxygens (including phenoxy) is 1. The van der Waals surface area contributed by atoms with Gasteiger partial charge in [0.05, 0.1) is 17.4 Å². The van der Waals surface area contributed by atoms with E-state index < -0.39 is 0 Å². The van der Waals surface area contributed by atoms with E-state index in [2.05, 4.69) is 47.5 Å². The number of hydrogen-bond donors (Lipinski definition) is 0. The SMILES string of the molecule is CCOC(=O)[C@H]1CCCN(CCO/N=C(/c2ccccc2C)c2sccc2C)C1. The van der Waals surface area contributed by atoms with Gasteiger partial charge >= 0.3 is 5.97 Å². The summed E-state index contributed by atoms with van der Waals surface area (Å²) in [6.45, 7) is 9.46. The Morgan fingerprint density at radius 2 is 2.07 bits per heavy atom. The van der Waals surface area contributed by atoms with E-state index in [9.17, 15) is 4.79 Å². The molecule has 5 nitrogen and oxygen atoms in total. The third kappa shape index (κ3) is 5.67. The first-order valence-corrected chi connectivity index (χ1v) is 11.2. The van der Waals surface area contributed by atoms with Gasteiger partial charge < -0.3 is 9.57 Å². The quantitative estimate of drug-likeness (QED) is 0.278. The average molecular weight is 415 g/mol. The van der Waals surface area contributed by atoms with Crippen LogP contribution >= 0.6 is 11.3 Å². The summed E-state index contributed by atoms with van der Waals surface area (Å²) < 4.78 is 5.18. The van der Waals surface area contributed by atoms with Crippen molar-refractivity contribution in [1.82, 2.24) is 4.90 Å². The lowest BCUT2D eigenvalue weighted by Gasteiger charge is -2.30. The number of esters is 1. The van der Waals surface area contributed by atoms with Crippen LogP contribution in [0.1, 0.15) is 41.3 Å². The smallest absolute Gasteiger partial charge is 0.310 e. The molecule has 6 heteroatoms. The summed E-state index contributed by atoms with van der Waals surface area (Å²) in [6, 6.07) is 10.4. The van der Waals surface area contributed by atoms with E-state index in [1.165, 1.54) is 11.1 Å². The van der Waals surface area contributed by atoms with Gasteiger partial charge in [-0.2, -0.15) is 0 Å². The molecule has 0 N–H and O–H groups in total. The first kappa shape index (κ1) is 21.5. The molecule has 2 aromatic rings. The van der Waals surface area contributed by atoms with Crippen molar-refractivity contribution in [3.05, 3.63) is 57.3 Å². The van der Waals surface area contributed by atoms with Crippen LogP contribution in [0, 0.1) is 19.8 Å². The zero-order valence-electron chi connectivity index (χ0n) is 17.5. The summed E-state index contributed by atoms with van der Waals surface area (Å²) in [6.07, 6.45) is 1.92. The largest absolute Gasteiger partial charge is 0.466 e. The number of hydrogen-bond acceptors (Lipinski definition) is 6. The molecule has 0 amide bonds. The fourth-order valence-corrected chi connectivity index (χ4v) is 4.58. The van der Waals surface area contributed by atoms with Gasteiger partial charge in [-0.1, -0.05) is 29.4 Å². The Hall–Kier alpha value is -2.18. The molecule has 1 fully saturated rings. The van der Waals surface area contributed by atoms with Crippen molar-refractivity contribution in [1.29, 1.82) is 0 Å². The van der Waals surface area contributed by atoms with E-state index in [0.29, 0.717) is 13.2 Å². The van der Waals surface area contributed by atoms with Gasteiger partial charge in [0.2, 0.25) is 0 Å². The Morgan fingerprint density at radius 3 is 2.79 bits per heavy atom. The number of oxime groups is 1. The van der Waals surface area contributed by atoms with Crippen LogP contribution in [0.15, 0.2) is 40.9 Å². The van der Waals surface area contributed by atoms with Crippen molar-refractivity contribution in [2.45, 2.75) is 33.6 Å². The number of carbonyl (C=O) groups excluding carboxylic acids is 1. The van der Waals surface area contributed by atoms with Crippen molar-refractivity contribution in [3.8, 4) is 0 Å². The molecule has 1 atom stereocenters. The van der Waals surface area contributed by atoms with Gasteiger partial charge in [0.1, 0.15) is 12.3 Å². The van der Waals surface area contributed by atoms with E-state index in [4.69, 9.17) is 9.57 Å². The Bertz CT molecular complexity index is 846. The zero-order chi connectivity index (χ0) is 20.6. The molecule has 1 aliphatic rings. The number of thiophene rings is 1. The Balaban J connectivity index is 1.63. The predicted octanol–water partition coefficient (Wildman–Crippen LogP) is 4.41. The zero-order valence-corrected chi connectivity index (χ0v) is 18.3. The Morgan fingerprint density at radius 1 is 1.24 bits per heavy atom. The highest BCUT2D eigenvalue weighted by Gasteiger charge is 2.26. The molecular formula is C23H30N2O3S. The number of aryl methyl sites for hydroxylation is 2. The van der Waals surface area contributed by atoms with E-state index in [1.54, 1.807) is 11.3 Å². The average Bonchev–Trinajstić information content (AvgIpc) is 3.15. The molecule has 1 aliphatic heterocycles. The van der Waals surface area contributed by atoms with Crippen LogP contribution in [0.25, 0.3) is 0 Å². The maximum absolute atomic E-state index is 12.0. The molecule has 0 bridgehead atoms. The summed E-state index contributed by atoms with van der Waals surface area (Å²) >= 11 is 1.68. The first-order valence-electron chi connectivity index (χ1n) is 10.3. The van der Waals surface area contributed by atoms with Crippen LogP contribution in [0.5, 0.6) is 0 Å². The molecule has 1 aromatic carbocycles. The normalized spacial score (nSPS) is 17.9. The second-order valence-electron chi connectivity index (χ2n) is 7.41. The molecule has 0 aliphatic carbocycles. The van der Waals surface area contributed by atoms with Crippen LogP contribution < -0.4 is 0 Å². The third-order valence-electron chi connectivity index (χ3n) is 5.26. The first-order chi connectivity index (χ1) is 14.1. The fourth-order valence-electron chi connectivity index (χ4n) is 3.66. The Kier molecular flexibility index (Phi) is 7.83. The molecule has 0 radical (unpaired) electrons. The van der Waals surface area contributed by atoms with Gasteiger partial charge in [0, 0.05) is 18.7 Å². The molecular weight excluding hydrogens is 384 g/mol. The highest BCUT2D eigenvalue weighted by Crippen LogP contribution is 2.23. The standard InChI is InChI=1S/C23H30N2O3S/c1-4-27-23(26)19-9-7-12-25(16-19)13-14-28-24-21(22-18(3)11-15-29-22)20-10-6-5-8-17(20)2/h5-6,8,10-11,15,19H,4,7,9,12-14,16H2,1-3H3/b24-21-/t19-/m0/s1. The van der Waals surface area contributed by atoms with Gasteiger partial charge in [-0.05, 0) is 62.7 Å². The topological polar surface area (TPSA) is 51.1 Å². The molecule has 29 heavy (non-hydrogen) atoms. The summed E-state index contributed by atoms with van der Waals surface area (Å²) in [7, 11) is 0. The van der Waals surface area contributed by atoms with Crippen LogP contribution in [0.2, 0.25) is 0 Å². The highest BCUT2D eigenvalue weighted by atomic mass is 32.1. The summed E-state index contributed by atoms with van der Waals surface area (Å²) in [4.78, 5) is 21.2. The van der Waals surface area contributed by atoms with Crippen LogP contribution in [-0.4, -0.2) is 49.4 Å². The molecule has 1 saturated heterocycles. The minimum atomic E-state index is -0.0776. The van der Waals surface area contributed by atoms with E-state index in [-0.39, 0.29) is 11.9 Å². The van der Waals surface area contributed by atoms with Crippen LogP contribution in [0.3, 0.4) is 0 Å². The number of benzene rings is 1. The van der Waals surface area contributed by atoms with Crippen molar-refractivity contribution >= 4 is 23.0 Å². The van der Waals surface area contributed by atoms with Crippen molar-refractivity contribution in [2.24, 2.45) is 11.1 Å². The van der Waals surface area contributed by atoms with Crippen LogP contribution in [-0.2, 0) is 14.4 Å². The van der Waals surface area contributed by atoms with Gasteiger partial charge in [-0.3, -0.25) is 9.69 Å². The summed E-state index contributed by atoms with van der Waals surface area (Å²) in [5.41, 5.74) is 4.36. The molecule has 2 heterocycles. The monoisotopic (exact) mass is 414 g/mol. The lowest BCUT2D eigenvalue weighted by molar-refractivity contribution is -0.150. The van der Waals surface area contributed by atoms with E-state index in [1.807, 2.05) is 19.1 Å². The van der Waals surface area contributed by atoms with E-state index in [0.717, 1.165) is 48.6 Å². The Labute approximate surface area is 177 Å². The fraction of sp³-hybridized carbons (Fsp3) is 0.478. The number of carbonyl (C=O) groups is 1. The van der Waals surface area contributed by atoms with E-state index >= 15 is 0 Å².